The molecule has 1 saturated carbocycles. The molecule has 3 atom stereocenters. The van der Waals surface area contributed by atoms with E-state index in [4.69, 9.17) is 4.74 Å². The molecular formula is C25H28N2O2S. The summed E-state index contributed by atoms with van der Waals surface area (Å²) in [6.07, 6.45) is 6.12. The molecule has 0 bridgehead atoms. The van der Waals surface area contributed by atoms with Crippen LogP contribution in [0.4, 0.5) is 0 Å². The van der Waals surface area contributed by atoms with Crippen LogP contribution in [0.2, 0.25) is 0 Å². The van der Waals surface area contributed by atoms with E-state index in [1.54, 1.807) is 11.3 Å². The van der Waals surface area contributed by atoms with Crippen molar-refractivity contribution in [2.45, 2.75) is 51.2 Å². The second-order valence-electron chi connectivity index (χ2n) is 7.96. The van der Waals surface area contributed by atoms with Gasteiger partial charge in [-0.05, 0) is 48.9 Å². The van der Waals surface area contributed by atoms with Gasteiger partial charge in [0.15, 0.2) is 0 Å². The molecule has 2 unspecified atom stereocenters. The first-order valence-electron chi connectivity index (χ1n) is 10.7. The first-order valence-corrected chi connectivity index (χ1v) is 11.5. The van der Waals surface area contributed by atoms with Crippen LogP contribution < -0.4 is 10.1 Å². The Morgan fingerprint density at radius 2 is 1.90 bits per heavy atom. The molecule has 0 saturated heterocycles. The second-order valence-corrected chi connectivity index (χ2v) is 8.93. The fourth-order valence-corrected chi connectivity index (χ4v) is 4.77. The maximum Gasteiger partial charge on any atom is 0.224 e. The Morgan fingerprint density at radius 1 is 1.13 bits per heavy atom. The topological polar surface area (TPSA) is 51.2 Å². The van der Waals surface area contributed by atoms with Crippen molar-refractivity contribution in [2.75, 3.05) is 0 Å². The van der Waals surface area contributed by atoms with Crippen LogP contribution in [0.1, 0.15) is 60.6 Å². The van der Waals surface area contributed by atoms with Gasteiger partial charge < -0.3 is 10.1 Å². The van der Waals surface area contributed by atoms with Crippen LogP contribution in [-0.4, -0.2) is 10.9 Å². The fourth-order valence-electron chi connectivity index (χ4n) is 4.27. The van der Waals surface area contributed by atoms with E-state index in [0.29, 0.717) is 6.61 Å². The molecule has 4 rings (SSSR count). The van der Waals surface area contributed by atoms with Gasteiger partial charge in [-0.3, -0.25) is 9.78 Å². The number of nitrogens with zero attached hydrogens (tertiary/aromatic N) is 1. The number of thiazole rings is 1. The molecule has 0 aliphatic heterocycles. The number of aromatic nitrogens is 1. The summed E-state index contributed by atoms with van der Waals surface area (Å²) in [5, 5.41) is 3.24. The van der Waals surface area contributed by atoms with Crippen molar-refractivity contribution in [1.82, 2.24) is 10.3 Å². The zero-order valence-electron chi connectivity index (χ0n) is 17.3. The monoisotopic (exact) mass is 420 g/mol. The normalized spacial score (nSPS) is 19.8. The van der Waals surface area contributed by atoms with Crippen LogP contribution in [0.15, 0.2) is 66.3 Å². The minimum Gasteiger partial charge on any atom is -0.488 e. The number of carbonyl (C=O) groups excluding carboxylic acids is 1. The van der Waals surface area contributed by atoms with Gasteiger partial charge in [0.2, 0.25) is 5.91 Å². The van der Waals surface area contributed by atoms with Crippen molar-refractivity contribution >= 4 is 17.2 Å². The van der Waals surface area contributed by atoms with Crippen molar-refractivity contribution < 1.29 is 9.53 Å². The van der Waals surface area contributed by atoms with Crippen molar-refractivity contribution in [2.24, 2.45) is 5.92 Å². The van der Waals surface area contributed by atoms with Gasteiger partial charge in [-0.15, -0.1) is 11.3 Å². The molecule has 1 aromatic heterocycles. The highest BCUT2D eigenvalue weighted by Gasteiger charge is 2.32. The predicted molar refractivity (Wildman–Crippen MR) is 121 cm³/mol. The summed E-state index contributed by atoms with van der Waals surface area (Å²) < 4.78 is 5.86. The average molecular weight is 421 g/mol. The van der Waals surface area contributed by atoms with Gasteiger partial charge in [-0.2, -0.15) is 0 Å². The molecule has 1 aliphatic carbocycles. The summed E-state index contributed by atoms with van der Waals surface area (Å²) in [6, 6.07) is 18.5. The summed E-state index contributed by atoms with van der Waals surface area (Å²) in [5.41, 5.74) is 4.18. The molecule has 1 aliphatic rings. The molecule has 3 aromatic rings. The van der Waals surface area contributed by atoms with Gasteiger partial charge in [-0.25, -0.2) is 0 Å². The molecule has 1 N–H and O–H groups in total. The van der Waals surface area contributed by atoms with Crippen molar-refractivity contribution in [3.8, 4) is 5.75 Å². The number of nitrogens with one attached hydrogen (secondary N) is 1. The zero-order valence-corrected chi connectivity index (χ0v) is 18.1. The molecule has 2 aromatic carbocycles. The van der Waals surface area contributed by atoms with Gasteiger partial charge in [-0.1, -0.05) is 55.3 Å². The lowest BCUT2D eigenvalue weighted by molar-refractivity contribution is -0.127. The minimum atomic E-state index is 0.0174. The van der Waals surface area contributed by atoms with Crippen LogP contribution in [-0.2, 0) is 11.4 Å². The van der Waals surface area contributed by atoms with Gasteiger partial charge in [0.25, 0.3) is 0 Å². The lowest BCUT2D eigenvalue weighted by atomic mass is 9.75. The summed E-state index contributed by atoms with van der Waals surface area (Å²) in [5.74, 6) is 1.30. The summed E-state index contributed by atoms with van der Waals surface area (Å²) in [6.45, 7) is 2.59. The van der Waals surface area contributed by atoms with Crippen molar-refractivity contribution in [3.05, 3.63) is 82.3 Å². The minimum absolute atomic E-state index is 0.0174. The maximum atomic E-state index is 13.1. The summed E-state index contributed by atoms with van der Waals surface area (Å²) >= 11 is 1.59. The van der Waals surface area contributed by atoms with Crippen molar-refractivity contribution in [1.29, 1.82) is 0 Å². The van der Waals surface area contributed by atoms with Crippen LogP contribution in [0.5, 0.6) is 5.75 Å². The van der Waals surface area contributed by atoms with E-state index in [0.717, 1.165) is 35.5 Å². The highest BCUT2D eigenvalue weighted by Crippen LogP contribution is 2.39. The third kappa shape index (κ3) is 5.08. The van der Waals surface area contributed by atoms with Gasteiger partial charge in [0, 0.05) is 12.1 Å². The molecule has 4 nitrogen and oxygen atoms in total. The molecular weight excluding hydrogens is 392 g/mol. The van der Waals surface area contributed by atoms with E-state index >= 15 is 0 Å². The standard InChI is InChI=1S/C25H28N2O2S/c1-18(19-7-3-2-4-8-19)27-25(28)24-10-6-5-9-23(24)20-11-13-21(14-12-20)29-16-22-15-26-17-30-22/h2-4,7-8,11-15,17-18,23-24H,5-6,9-10,16H2,1H3,(H,27,28)/t18-,23?,24?/m0/s1. The number of amides is 1. The van der Waals surface area contributed by atoms with E-state index in [9.17, 15) is 4.79 Å². The highest BCUT2D eigenvalue weighted by molar-refractivity contribution is 7.09. The number of hydrogen-bond acceptors (Lipinski definition) is 4. The molecule has 1 amide bonds. The number of hydrogen-bond donors (Lipinski definition) is 1. The number of ether oxygens (including phenoxy) is 1. The van der Waals surface area contributed by atoms with Crippen LogP contribution >= 0.6 is 11.3 Å². The second kappa shape index (κ2) is 9.90. The van der Waals surface area contributed by atoms with E-state index < -0.39 is 0 Å². The van der Waals surface area contributed by atoms with Crippen LogP contribution in [0.25, 0.3) is 0 Å². The van der Waals surface area contributed by atoms with E-state index in [-0.39, 0.29) is 23.8 Å². The Morgan fingerprint density at radius 3 is 2.63 bits per heavy atom. The maximum absolute atomic E-state index is 13.1. The SMILES string of the molecule is C[C@H](NC(=O)C1CCCCC1c1ccc(OCc2cncs2)cc1)c1ccccc1. The molecule has 0 radical (unpaired) electrons. The van der Waals surface area contributed by atoms with Gasteiger partial charge >= 0.3 is 0 Å². The third-order valence-electron chi connectivity index (χ3n) is 5.93. The highest BCUT2D eigenvalue weighted by atomic mass is 32.1. The Hall–Kier alpha value is -2.66. The quantitative estimate of drug-likeness (QED) is 0.520. The first kappa shape index (κ1) is 20.6. The van der Waals surface area contributed by atoms with Gasteiger partial charge in [0.1, 0.15) is 12.4 Å². The molecule has 30 heavy (non-hydrogen) atoms. The lowest BCUT2D eigenvalue weighted by Crippen LogP contribution is -2.37. The lowest BCUT2D eigenvalue weighted by Gasteiger charge is -2.32. The number of carbonyl (C=O) groups is 1. The fraction of sp³-hybridized carbons (Fsp3) is 0.360. The zero-order chi connectivity index (χ0) is 20.8. The number of benzene rings is 2. The molecule has 1 fully saturated rings. The first-order chi connectivity index (χ1) is 14.7. The Kier molecular flexibility index (Phi) is 6.80. The summed E-state index contributed by atoms with van der Waals surface area (Å²) in [7, 11) is 0. The number of rotatable bonds is 7. The van der Waals surface area contributed by atoms with E-state index in [2.05, 4.69) is 41.5 Å². The molecule has 5 heteroatoms. The Balaban J connectivity index is 1.40. The van der Waals surface area contributed by atoms with E-state index in [1.165, 1.54) is 12.0 Å². The Labute approximate surface area is 182 Å². The van der Waals surface area contributed by atoms with E-state index in [1.807, 2.05) is 42.0 Å². The largest absolute Gasteiger partial charge is 0.488 e. The molecule has 1 heterocycles. The summed E-state index contributed by atoms with van der Waals surface area (Å²) in [4.78, 5) is 18.3. The average Bonchev–Trinajstić information content (AvgIpc) is 3.32. The van der Waals surface area contributed by atoms with Crippen molar-refractivity contribution in [3.63, 3.8) is 0 Å². The Bertz CT molecular complexity index is 926. The van der Waals surface area contributed by atoms with Crippen LogP contribution in [0, 0.1) is 5.92 Å². The van der Waals surface area contributed by atoms with Gasteiger partial charge in [0.05, 0.1) is 16.4 Å². The molecule has 156 valence electrons. The molecule has 0 spiro atoms. The predicted octanol–water partition coefficient (Wildman–Crippen LogP) is 5.87. The smallest absolute Gasteiger partial charge is 0.224 e. The van der Waals surface area contributed by atoms with Crippen LogP contribution in [0.3, 0.4) is 0 Å². The third-order valence-corrected chi connectivity index (χ3v) is 6.69.